The van der Waals surface area contributed by atoms with E-state index in [9.17, 15) is 12.8 Å². The number of hydrogen-bond donors (Lipinski definition) is 2. The normalized spacial score (nSPS) is 15.1. The Bertz CT molecular complexity index is 1720. The second-order valence-corrected chi connectivity index (χ2v) is 11.3. The van der Waals surface area contributed by atoms with Gasteiger partial charge in [-0.05, 0) is 80.9 Å². The molecule has 0 aliphatic carbocycles. The van der Waals surface area contributed by atoms with Gasteiger partial charge in [0.15, 0.2) is 0 Å². The van der Waals surface area contributed by atoms with Gasteiger partial charge < -0.3 is 9.30 Å². The molecule has 0 unspecified atom stereocenters. The molecule has 6 rings (SSSR count). The highest BCUT2D eigenvalue weighted by atomic mass is 32.2. The number of fused-ring (bicyclic) bond motifs is 2. The number of aryl methyl sites for hydroxylation is 1. The molecule has 3 aromatic carbocycles. The van der Waals surface area contributed by atoms with Crippen LogP contribution in [0.1, 0.15) is 30.1 Å². The molecule has 0 spiro atoms. The number of rotatable bonds is 5. The number of sulfonamides is 1. The molecule has 3 heterocycles. The van der Waals surface area contributed by atoms with E-state index in [4.69, 9.17) is 4.74 Å². The lowest BCUT2D eigenvalue weighted by molar-refractivity contribution is 0.0843. The van der Waals surface area contributed by atoms with Crippen LogP contribution < -0.4 is 4.72 Å². The molecule has 1 fully saturated rings. The Balaban J connectivity index is 1.70. The smallest absolute Gasteiger partial charge is 0.240 e. The fraction of sp³-hybridized carbons (Fsp3) is 0.250. The summed E-state index contributed by atoms with van der Waals surface area (Å²) >= 11 is 0. The molecule has 1 saturated heterocycles. The maximum Gasteiger partial charge on any atom is 0.240 e. The summed E-state index contributed by atoms with van der Waals surface area (Å²) in [7, 11) is -2.16. The Morgan fingerprint density at radius 1 is 1.03 bits per heavy atom. The summed E-state index contributed by atoms with van der Waals surface area (Å²) in [6.45, 7) is 3.32. The third-order valence-corrected chi connectivity index (χ3v) is 8.71. The predicted molar refractivity (Wildman–Crippen MR) is 142 cm³/mol. The molecule has 9 heteroatoms. The van der Waals surface area contributed by atoms with Crippen molar-refractivity contribution < 1.29 is 17.5 Å². The van der Waals surface area contributed by atoms with E-state index in [1.165, 1.54) is 19.2 Å². The summed E-state index contributed by atoms with van der Waals surface area (Å²) in [5, 5.41) is 9.61. The van der Waals surface area contributed by atoms with Crippen molar-refractivity contribution in [3.8, 4) is 16.8 Å². The van der Waals surface area contributed by atoms with Crippen molar-refractivity contribution in [2.45, 2.75) is 30.6 Å². The topological polar surface area (TPSA) is 89.0 Å². The largest absolute Gasteiger partial charge is 0.381 e. The average molecular weight is 519 g/mol. The number of aromatic amines is 1. The Hall–Kier alpha value is -3.53. The van der Waals surface area contributed by atoms with Gasteiger partial charge in [0.05, 0.1) is 15.9 Å². The lowest BCUT2D eigenvalue weighted by atomic mass is 9.90. The van der Waals surface area contributed by atoms with Gasteiger partial charge in [0.2, 0.25) is 10.0 Å². The predicted octanol–water partition coefficient (Wildman–Crippen LogP) is 5.42. The summed E-state index contributed by atoms with van der Waals surface area (Å²) in [5.74, 6) is -0.0839. The Kier molecular flexibility index (Phi) is 5.86. The van der Waals surface area contributed by atoms with Gasteiger partial charge in [-0.1, -0.05) is 12.1 Å². The van der Waals surface area contributed by atoms with Crippen LogP contribution in [0, 0.1) is 12.7 Å². The highest BCUT2D eigenvalue weighted by Crippen LogP contribution is 2.44. The summed E-state index contributed by atoms with van der Waals surface area (Å²) in [5.41, 5.74) is 6.75. The summed E-state index contributed by atoms with van der Waals surface area (Å²) in [6, 6.07) is 17.8. The van der Waals surface area contributed by atoms with Crippen LogP contribution in [0.3, 0.4) is 0 Å². The molecule has 7 nitrogen and oxygen atoms in total. The highest BCUT2D eigenvalue weighted by molar-refractivity contribution is 7.89. The standard InChI is InChI=1S/C28H27FN4O3S/c1-17-23-16-26-24(15-25(23)32-31-17)27(18-3-9-22(10-4-18)37(34,35)30-2)28(19-11-13-36-14-12-19)33(26)21-7-5-20(29)6-8-21/h3-10,15-16,19,30H,11-14H2,1-2H3,(H,31,32). The number of nitrogens with one attached hydrogen (secondary N) is 2. The monoisotopic (exact) mass is 518 g/mol. The number of nitrogens with zero attached hydrogens (tertiary/aromatic N) is 2. The van der Waals surface area contributed by atoms with Crippen LogP contribution in [0.2, 0.25) is 0 Å². The zero-order chi connectivity index (χ0) is 25.7. The van der Waals surface area contributed by atoms with Crippen LogP contribution >= 0.6 is 0 Å². The second-order valence-electron chi connectivity index (χ2n) is 9.43. The molecule has 0 saturated carbocycles. The molecule has 2 N–H and O–H groups in total. The van der Waals surface area contributed by atoms with Gasteiger partial charge in [-0.15, -0.1) is 0 Å². The minimum atomic E-state index is -3.56. The second kappa shape index (κ2) is 9.09. The molecular weight excluding hydrogens is 491 g/mol. The average Bonchev–Trinajstić information content (AvgIpc) is 3.45. The van der Waals surface area contributed by atoms with Crippen LogP contribution in [0.4, 0.5) is 4.39 Å². The molecule has 5 aromatic rings. The maximum absolute atomic E-state index is 13.9. The number of hydrogen-bond acceptors (Lipinski definition) is 4. The van der Waals surface area contributed by atoms with Crippen LogP contribution in [-0.2, 0) is 14.8 Å². The lowest BCUT2D eigenvalue weighted by Gasteiger charge is -2.26. The summed E-state index contributed by atoms with van der Waals surface area (Å²) < 4.78 is 49.0. The third-order valence-electron chi connectivity index (χ3n) is 7.28. The van der Waals surface area contributed by atoms with Gasteiger partial charge in [0, 0.05) is 52.5 Å². The highest BCUT2D eigenvalue weighted by Gasteiger charge is 2.28. The third kappa shape index (κ3) is 4.03. The minimum Gasteiger partial charge on any atom is -0.381 e. The van der Waals surface area contributed by atoms with Crippen LogP contribution in [0.15, 0.2) is 65.6 Å². The molecule has 0 radical (unpaired) electrons. The van der Waals surface area contributed by atoms with Crippen molar-refractivity contribution in [3.05, 3.63) is 77.9 Å². The van der Waals surface area contributed by atoms with Gasteiger partial charge in [-0.2, -0.15) is 5.10 Å². The van der Waals surface area contributed by atoms with E-state index in [0.29, 0.717) is 13.2 Å². The molecule has 190 valence electrons. The number of benzene rings is 3. The first-order chi connectivity index (χ1) is 17.9. The molecular formula is C28H27FN4O3S. The van der Waals surface area contributed by atoms with Gasteiger partial charge in [-0.3, -0.25) is 5.10 Å². The van der Waals surface area contributed by atoms with Crippen molar-refractivity contribution in [2.75, 3.05) is 20.3 Å². The van der Waals surface area contributed by atoms with Gasteiger partial charge >= 0.3 is 0 Å². The van der Waals surface area contributed by atoms with Crippen molar-refractivity contribution in [1.29, 1.82) is 0 Å². The Morgan fingerprint density at radius 3 is 2.41 bits per heavy atom. The van der Waals surface area contributed by atoms with Crippen molar-refractivity contribution in [1.82, 2.24) is 19.5 Å². The van der Waals surface area contributed by atoms with Gasteiger partial charge in [0.1, 0.15) is 5.82 Å². The fourth-order valence-electron chi connectivity index (χ4n) is 5.39. The van der Waals surface area contributed by atoms with Crippen LogP contribution in [-0.4, -0.2) is 43.4 Å². The quantitative estimate of drug-likeness (QED) is 0.325. The fourth-order valence-corrected chi connectivity index (χ4v) is 6.12. The van der Waals surface area contributed by atoms with E-state index in [0.717, 1.165) is 62.8 Å². The molecule has 2 aromatic heterocycles. The van der Waals surface area contributed by atoms with E-state index >= 15 is 0 Å². The number of halogens is 1. The minimum absolute atomic E-state index is 0.205. The van der Waals surface area contributed by atoms with Crippen molar-refractivity contribution in [2.24, 2.45) is 0 Å². The molecule has 0 bridgehead atoms. The van der Waals surface area contributed by atoms with Gasteiger partial charge in [-0.25, -0.2) is 17.5 Å². The summed E-state index contributed by atoms with van der Waals surface area (Å²) in [4.78, 5) is 0.207. The first-order valence-corrected chi connectivity index (χ1v) is 13.8. The van der Waals surface area contributed by atoms with E-state index in [1.54, 1.807) is 24.3 Å². The number of aromatic nitrogens is 3. The SMILES string of the molecule is CNS(=O)(=O)c1ccc(-c2c(C3CCOCC3)n(-c3ccc(F)cc3)c3cc4c(C)[nH]nc4cc23)cc1. The number of H-pyrrole nitrogens is 1. The molecule has 0 atom stereocenters. The summed E-state index contributed by atoms with van der Waals surface area (Å²) in [6.07, 6.45) is 1.71. The first-order valence-electron chi connectivity index (χ1n) is 12.3. The van der Waals surface area contributed by atoms with Crippen molar-refractivity contribution >= 4 is 31.8 Å². The van der Waals surface area contributed by atoms with E-state index in [2.05, 4.69) is 31.6 Å². The maximum atomic E-state index is 13.9. The van der Waals surface area contributed by atoms with Crippen LogP contribution in [0.25, 0.3) is 38.6 Å². The van der Waals surface area contributed by atoms with Crippen LogP contribution in [0.5, 0.6) is 0 Å². The molecule has 1 aliphatic heterocycles. The zero-order valence-electron chi connectivity index (χ0n) is 20.6. The molecule has 37 heavy (non-hydrogen) atoms. The van der Waals surface area contributed by atoms with Crippen molar-refractivity contribution in [3.63, 3.8) is 0 Å². The lowest BCUT2D eigenvalue weighted by Crippen LogP contribution is -2.18. The first kappa shape index (κ1) is 23.8. The molecule has 0 amide bonds. The van der Waals surface area contributed by atoms with E-state index in [-0.39, 0.29) is 16.6 Å². The Morgan fingerprint density at radius 2 is 1.73 bits per heavy atom. The van der Waals surface area contributed by atoms with E-state index < -0.39 is 10.0 Å². The number of ether oxygens (including phenoxy) is 1. The van der Waals surface area contributed by atoms with Gasteiger partial charge in [0.25, 0.3) is 0 Å². The van der Waals surface area contributed by atoms with E-state index in [1.807, 2.05) is 19.1 Å². The molecule has 1 aliphatic rings. The Labute approximate surface area is 214 Å². The zero-order valence-corrected chi connectivity index (χ0v) is 21.4.